The van der Waals surface area contributed by atoms with Gasteiger partial charge in [0.1, 0.15) is 0 Å². The lowest BCUT2D eigenvalue weighted by molar-refractivity contribution is 0.0776. The van der Waals surface area contributed by atoms with Crippen LogP contribution in [-0.2, 0) is 4.74 Å². The Morgan fingerprint density at radius 1 is 1.37 bits per heavy atom. The summed E-state index contributed by atoms with van der Waals surface area (Å²) in [7, 11) is 0. The van der Waals surface area contributed by atoms with Crippen LogP contribution in [0.3, 0.4) is 0 Å². The molecule has 1 saturated heterocycles. The molecule has 4 heteroatoms. The van der Waals surface area contributed by atoms with E-state index in [0.29, 0.717) is 22.1 Å². The van der Waals surface area contributed by atoms with E-state index in [-0.39, 0.29) is 6.04 Å². The van der Waals surface area contributed by atoms with Gasteiger partial charge >= 0.3 is 0 Å². The molecule has 1 aliphatic heterocycles. The van der Waals surface area contributed by atoms with Crippen molar-refractivity contribution in [2.45, 2.75) is 38.8 Å². The molecule has 1 fully saturated rings. The summed E-state index contributed by atoms with van der Waals surface area (Å²) in [4.78, 5) is 0. The lowest BCUT2D eigenvalue weighted by Gasteiger charge is -2.29. The zero-order valence-electron chi connectivity index (χ0n) is 11.5. The van der Waals surface area contributed by atoms with Crippen molar-refractivity contribution in [2.75, 3.05) is 13.2 Å². The van der Waals surface area contributed by atoms with Crippen molar-refractivity contribution in [1.82, 2.24) is 5.32 Å². The van der Waals surface area contributed by atoms with Crippen LogP contribution in [0.5, 0.6) is 0 Å². The summed E-state index contributed by atoms with van der Waals surface area (Å²) in [5.41, 5.74) is 1.09. The molecule has 0 amide bonds. The predicted molar refractivity (Wildman–Crippen MR) is 81.0 cm³/mol. The highest BCUT2D eigenvalue weighted by molar-refractivity contribution is 6.42. The molecule has 1 aliphatic rings. The fraction of sp³-hybridized carbons (Fsp3) is 0.600. The second-order valence-electron chi connectivity index (χ2n) is 4.95. The topological polar surface area (TPSA) is 21.3 Å². The summed E-state index contributed by atoms with van der Waals surface area (Å²) in [6, 6.07) is 6.07. The monoisotopic (exact) mass is 301 g/mol. The molecule has 0 aromatic heterocycles. The van der Waals surface area contributed by atoms with E-state index in [2.05, 4.69) is 25.2 Å². The number of nitrogens with one attached hydrogen (secondary N) is 1. The Morgan fingerprint density at radius 3 is 2.84 bits per heavy atom. The Morgan fingerprint density at radius 2 is 2.16 bits per heavy atom. The predicted octanol–water partition coefficient (Wildman–Crippen LogP) is 4.46. The minimum absolute atomic E-state index is 0.212. The SMILES string of the molecule is CCNC(c1cccc(Cl)c1Cl)C1CCOC1CC. The largest absolute Gasteiger partial charge is 0.378 e. The fourth-order valence-electron chi connectivity index (χ4n) is 2.94. The second kappa shape index (κ2) is 6.94. The lowest BCUT2D eigenvalue weighted by atomic mass is 9.86. The number of hydrogen-bond donors (Lipinski definition) is 1. The standard InChI is InChI=1S/C15H21Cl2NO/c1-3-13-10(8-9-19-13)15(18-4-2)11-6-5-7-12(16)14(11)17/h5-7,10,13,15,18H,3-4,8-9H2,1-2H3. The molecule has 0 spiro atoms. The molecule has 0 radical (unpaired) electrons. The summed E-state index contributed by atoms with van der Waals surface area (Å²) < 4.78 is 5.82. The third kappa shape index (κ3) is 3.25. The molecular weight excluding hydrogens is 281 g/mol. The van der Waals surface area contributed by atoms with Crippen LogP contribution in [0, 0.1) is 5.92 Å². The first-order valence-electron chi connectivity index (χ1n) is 6.97. The van der Waals surface area contributed by atoms with E-state index in [1.54, 1.807) is 0 Å². The quantitative estimate of drug-likeness (QED) is 0.867. The van der Waals surface area contributed by atoms with E-state index in [1.165, 1.54) is 0 Å². The van der Waals surface area contributed by atoms with Crippen molar-refractivity contribution < 1.29 is 4.74 Å². The van der Waals surface area contributed by atoms with E-state index < -0.39 is 0 Å². The zero-order valence-corrected chi connectivity index (χ0v) is 13.0. The molecule has 19 heavy (non-hydrogen) atoms. The molecule has 106 valence electrons. The number of hydrogen-bond acceptors (Lipinski definition) is 2. The van der Waals surface area contributed by atoms with Gasteiger partial charge in [0, 0.05) is 18.6 Å². The van der Waals surface area contributed by atoms with Crippen LogP contribution in [-0.4, -0.2) is 19.3 Å². The van der Waals surface area contributed by atoms with E-state index in [9.17, 15) is 0 Å². The third-order valence-corrected chi connectivity index (χ3v) is 4.67. The maximum atomic E-state index is 6.38. The van der Waals surface area contributed by atoms with Gasteiger partial charge in [0.25, 0.3) is 0 Å². The van der Waals surface area contributed by atoms with Crippen LogP contribution in [0.4, 0.5) is 0 Å². The van der Waals surface area contributed by atoms with E-state index in [0.717, 1.165) is 31.6 Å². The van der Waals surface area contributed by atoms with Crippen LogP contribution in [0.2, 0.25) is 10.0 Å². The van der Waals surface area contributed by atoms with Gasteiger partial charge in [-0.15, -0.1) is 0 Å². The minimum atomic E-state index is 0.212. The molecule has 1 heterocycles. The average Bonchev–Trinajstić information content (AvgIpc) is 2.88. The van der Waals surface area contributed by atoms with Crippen molar-refractivity contribution >= 4 is 23.2 Å². The second-order valence-corrected chi connectivity index (χ2v) is 5.73. The Kier molecular flexibility index (Phi) is 5.52. The summed E-state index contributed by atoms with van der Waals surface area (Å²) in [5, 5.41) is 4.83. The summed E-state index contributed by atoms with van der Waals surface area (Å²) in [6.45, 7) is 6.03. The lowest BCUT2D eigenvalue weighted by Crippen LogP contribution is -2.33. The zero-order chi connectivity index (χ0) is 13.8. The van der Waals surface area contributed by atoms with Gasteiger partial charge in [-0.1, -0.05) is 49.2 Å². The van der Waals surface area contributed by atoms with Gasteiger partial charge in [0.15, 0.2) is 0 Å². The maximum Gasteiger partial charge on any atom is 0.0640 e. The molecule has 3 unspecified atom stereocenters. The highest BCUT2D eigenvalue weighted by Gasteiger charge is 2.35. The molecule has 1 N–H and O–H groups in total. The molecule has 1 aromatic rings. The van der Waals surface area contributed by atoms with Crippen LogP contribution in [0.15, 0.2) is 18.2 Å². The van der Waals surface area contributed by atoms with Gasteiger partial charge in [0.2, 0.25) is 0 Å². The number of rotatable bonds is 5. The first-order valence-corrected chi connectivity index (χ1v) is 7.73. The van der Waals surface area contributed by atoms with Gasteiger partial charge in [-0.05, 0) is 31.0 Å². The van der Waals surface area contributed by atoms with Gasteiger partial charge < -0.3 is 10.1 Å². The molecule has 0 bridgehead atoms. The Hall–Kier alpha value is -0.280. The van der Waals surface area contributed by atoms with Crippen molar-refractivity contribution in [3.05, 3.63) is 33.8 Å². The van der Waals surface area contributed by atoms with Crippen molar-refractivity contribution in [3.8, 4) is 0 Å². The van der Waals surface area contributed by atoms with Crippen LogP contribution < -0.4 is 5.32 Å². The van der Waals surface area contributed by atoms with Gasteiger partial charge in [-0.25, -0.2) is 0 Å². The van der Waals surface area contributed by atoms with E-state index >= 15 is 0 Å². The molecule has 0 saturated carbocycles. The first-order chi connectivity index (χ1) is 9.19. The molecule has 1 aromatic carbocycles. The first kappa shape index (κ1) is 15.1. The smallest absolute Gasteiger partial charge is 0.0640 e. The van der Waals surface area contributed by atoms with Gasteiger partial charge in [-0.3, -0.25) is 0 Å². The number of ether oxygens (including phenoxy) is 1. The van der Waals surface area contributed by atoms with Gasteiger partial charge in [0.05, 0.1) is 16.1 Å². The van der Waals surface area contributed by atoms with Gasteiger partial charge in [-0.2, -0.15) is 0 Å². The van der Waals surface area contributed by atoms with Crippen molar-refractivity contribution in [1.29, 1.82) is 0 Å². The molecule has 3 atom stereocenters. The third-order valence-electron chi connectivity index (χ3n) is 3.83. The van der Waals surface area contributed by atoms with E-state index in [1.807, 2.05) is 12.1 Å². The maximum absolute atomic E-state index is 6.38. The highest BCUT2D eigenvalue weighted by atomic mass is 35.5. The van der Waals surface area contributed by atoms with Crippen LogP contribution in [0.1, 0.15) is 38.3 Å². The van der Waals surface area contributed by atoms with E-state index in [4.69, 9.17) is 27.9 Å². The fourth-order valence-corrected chi connectivity index (χ4v) is 3.36. The molecule has 2 rings (SSSR count). The number of benzene rings is 1. The average molecular weight is 302 g/mol. The summed E-state index contributed by atoms with van der Waals surface area (Å²) in [6.07, 6.45) is 2.41. The summed E-state index contributed by atoms with van der Waals surface area (Å²) in [5.74, 6) is 0.459. The highest BCUT2D eigenvalue weighted by Crippen LogP contribution is 2.39. The molecule has 2 nitrogen and oxygen atoms in total. The Bertz CT molecular complexity index is 425. The van der Waals surface area contributed by atoms with Crippen LogP contribution >= 0.6 is 23.2 Å². The van der Waals surface area contributed by atoms with Crippen LogP contribution in [0.25, 0.3) is 0 Å². The van der Waals surface area contributed by atoms with Crippen molar-refractivity contribution in [2.24, 2.45) is 5.92 Å². The summed E-state index contributed by atoms with van der Waals surface area (Å²) >= 11 is 12.5. The minimum Gasteiger partial charge on any atom is -0.378 e. The number of halogens is 2. The van der Waals surface area contributed by atoms with Crippen molar-refractivity contribution in [3.63, 3.8) is 0 Å². The molecule has 0 aliphatic carbocycles. The Balaban J connectivity index is 2.31. The normalized spacial score (nSPS) is 24.6. The molecular formula is C15H21Cl2NO. The Labute approximate surface area is 125 Å².